The summed E-state index contributed by atoms with van der Waals surface area (Å²) in [5.41, 5.74) is 5.12. The quantitative estimate of drug-likeness (QED) is 0.551. The van der Waals surface area contributed by atoms with Gasteiger partial charge in [0.2, 0.25) is 5.91 Å². The van der Waals surface area contributed by atoms with Crippen molar-refractivity contribution in [2.24, 2.45) is 5.92 Å². The van der Waals surface area contributed by atoms with Crippen LogP contribution < -0.4 is 16.4 Å². The van der Waals surface area contributed by atoms with E-state index in [0.717, 1.165) is 25.0 Å². The minimum atomic E-state index is -0.735. The summed E-state index contributed by atoms with van der Waals surface area (Å²) in [5.74, 6) is -1.33. The Morgan fingerprint density at radius 1 is 1.28 bits per heavy atom. The number of halogens is 2. The molecule has 1 amide bonds. The predicted octanol–water partition coefficient (Wildman–Crippen LogP) is 1.49. The second-order valence-corrected chi connectivity index (χ2v) is 4.35. The topological polar surface area (TPSA) is 67.2 Å². The van der Waals surface area contributed by atoms with E-state index in [2.05, 4.69) is 10.6 Å². The molecule has 98 valence electrons. The fraction of sp³-hybridized carbons (Fsp3) is 0.417. The number of nitrogens with one attached hydrogen (secondary N) is 2. The minimum Gasteiger partial charge on any atom is -0.399 e. The van der Waals surface area contributed by atoms with Gasteiger partial charge in [0.1, 0.15) is 5.69 Å². The molecule has 0 spiro atoms. The second-order valence-electron chi connectivity index (χ2n) is 4.35. The summed E-state index contributed by atoms with van der Waals surface area (Å²) in [4.78, 5) is 11.3. The van der Waals surface area contributed by atoms with Crippen LogP contribution in [0, 0.1) is 17.6 Å². The number of nitrogen functional groups attached to an aromatic ring is 1. The van der Waals surface area contributed by atoms with Crippen molar-refractivity contribution in [3.63, 3.8) is 0 Å². The zero-order chi connectivity index (χ0) is 13.1. The average molecular weight is 255 g/mol. The third kappa shape index (κ3) is 3.09. The van der Waals surface area contributed by atoms with Gasteiger partial charge >= 0.3 is 0 Å². The maximum absolute atomic E-state index is 13.4. The monoisotopic (exact) mass is 255 g/mol. The molecule has 1 fully saturated rings. The summed E-state index contributed by atoms with van der Waals surface area (Å²) in [6.07, 6.45) is 1.86. The molecular formula is C12H15F2N3O. The van der Waals surface area contributed by atoms with Crippen LogP contribution in [-0.4, -0.2) is 19.0 Å². The molecule has 2 rings (SSSR count). The number of carbonyl (C=O) groups is 1. The first-order valence-electron chi connectivity index (χ1n) is 5.84. The molecule has 4 nitrogen and oxygen atoms in total. The Morgan fingerprint density at radius 2 is 1.89 bits per heavy atom. The molecule has 0 heterocycles. The number of hydrogen-bond acceptors (Lipinski definition) is 3. The molecular weight excluding hydrogens is 240 g/mol. The third-order valence-electron chi connectivity index (χ3n) is 2.74. The summed E-state index contributed by atoms with van der Waals surface area (Å²) in [6.45, 7) is 0.592. The SMILES string of the molecule is Nc1cc(F)c(NCCNC(=O)C2CC2)c(F)c1. The lowest BCUT2D eigenvalue weighted by Gasteiger charge is -2.10. The van der Waals surface area contributed by atoms with Gasteiger partial charge in [0, 0.05) is 24.7 Å². The van der Waals surface area contributed by atoms with E-state index in [1.165, 1.54) is 0 Å². The predicted molar refractivity (Wildman–Crippen MR) is 65.0 cm³/mol. The van der Waals surface area contributed by atoms with Crippen LogP contribution in [0.25, 0.3) is 0 Å². The Labute approximate surface area is 104 Å². The maximum Gasteiger partial charge on any atom is 0.223 e. The van der Waals surface area contributed by atoms with Crippen molar-refractivity contribution in [2.45, 2.75) is 12.8 Å². The van der Waals surface area contributed by atoms with E-state index in [0.29, 0.717) is 6.54 Å². The Kier molecular flexibility index (Phi) is 3.64. The van der Waals surface area contributed by atoms with Crippen LogP contribution >= 0.6 is 0 Å². The minimum absolute atomic E-state index is 0.00931. The fourth-order valence-electron chi connectivity index (χ4n) is 1.62. The number of amides is 1. The van der Waals surface area contributed by atoms with Crippen molar-refractivity contribution >= 4 is 17.3 Å². The molecule has 0 atom stereocenters. The van der Waals surface area contributed by atoms with Gasteiger partial charge in [0.15, 0.2) is 11.6 Å². The molecule has 1 aromatic rings. The first-order valence-corrected chi connectivity index (χ1v) is 5.84. The van der Waals surface area contributed by atoms with E-state index in [4.69, 9.17) is 5.73 Å². The van der Waals surface area contributed by atoms with Crippen molar-refractivity contribution in [1.82, 2.24) is 5.32 Å². The number of carbonyl (C=O) groups excluding carboxylic acids is 1. The highest BCUT2D eigenvalue weighted by Crippen LogP contribution is 2.28. The van der Waals surface area contributed by atoms with Crippen molar-refractivity contribution in [1.29, 1.82) is 0 Å². The zero-order valence-electron chi connectivity index (χ0n) is 9.80. The molecule has 0 aliphatic heterocycles. The lowest BCUT2D eigenvalue weighted by molar-refractivity contribution is -0.122. The molecule has 0 bridgehead atoms. The lowest BCUT2D eigenvalue weighted by atomic mass is 10.2. The smallest absolute Gasteiger partial charge is 0.223 e. The van der Waals surface area contributed by atoms with Crippen molar-refractivity contribution in [3.05, 3.63) is 23.8 Å². The van der Waals surface area contributed by atoms with Gasteiger partial charge in [-0.3, -0.25) is 4.79 Å². The molecule has 1 saturated carbocycles. The molecule has 0 saturated heterocycles. The van der Waals surface area contributed by atoms with Crippen LogP contribution in [0.1, 0.15) is 12.8 Å². The van der Waals surface area contributed by atoms with Gasteiger partial charge in [0.05, 0.1) is 0 Å². The molecule has 4 N–H and O–H groups in total. The standard InChI is InChI=1S/C12H15F2N3O/c13-9-5-8(15)6-10(14)11(9)16-3-4-17-12(18)7-1-2-7/h5-7,16H,1-4,15H2,(H,17,18). The highest BCUT2D eigenvalue weighted by atomic mass is 19.1. The van der Waals surface area contributed by atoms with Crippen LogP contribution in [0.4, 0.5) is 20.2 Å². The van der Waals surface area contributed by atoms with E-state index in [9.17, 15) is 13.6 Å². The average Bonchev–Trinajstić information content (AvgIpc) is 3.10. The van der Waals surface area contributed by atoms with Crippen LogP contribution in [0.2, 0.25) is 0 Å². The van der Waals surface area contributed by atoms with Gasteiger partial charge in [0.25, 0.3) is 0 Å². The van der Waals surface area contributed by atoms with E-state index < -0.39 is 11.6 Å². The Hall–Kier alpha value is -1.85. The molecule has 18 heavy (non-hydrogen) atoms. The van der Waals surface area contributed by atoms with Gasteiger partial charge in [-0.15, -0.1) is 0 Å². The van der Waals surface area contributed by atoms with Gasteiger partial charge in [-0.25, -0.2) is 8.78 Å². The number of hydrogen-bond donors (Lipinski definition) is 3. The molecule has 1 aliphatic rings. The van der Waals surface area contributed by atoms with E-state index in [1.807, 2.05) is 0 Å². The van der Waals surface area contributed by atoms with Crippen LogP contribution in [0.5, 0.6) is 0 Å². The lowest BCUT2D eigenvalue weighted by Crippen LogP contribution is -2.30. The number of anilines is 2. The summed E-state index contributed by atoms with van der Waals surface area (Å²) in [5, 5.41) is 5.30. The van der Waals surface area contributed by atoms with E-state index in [-0.39, 0.29) is 29.7 Å². The van der Waals surface area contributed by atoms with Crippen LogP contribution in [0.15, 0.2) is 12.1 Å². The Bertz CT molecular complexity index is 438. The van der Waals surface area contributed by atoms with Gasteiger partial charge in [-0.05, 0) is 25.0 Å². The Morgan fingerprint density at radius 3 is 2.44 bits per heavy atom. The largest absolute Gasteiger partial charge is 0.399 e. The van der Waals surface area contributed by atoms with Gasteiger partial charge < -0.3 is 16.4 Å². The molecule has 1 aliphatic carbocycles. The zero-order valence-corrected chi connectivity index (χ0v) is 9.80. The summed E-state index contributed by atoms with van der Waals surface area (Å²) in [6, 6.07) is 2.10. The van der Waals surface area contributed by atoms with Gasteiger partial charge in [-0.2, -0.15) is 0 Å². The van der Waals surface area contributed by atoms with E-state index >= 15 is 0 Å². The number of rotatable bonds is 5. The second kappa shape index (κ2) is 5.20. The highest BCUT2D eigenvalue weighted by molar-refractivity contribution is 5.80. The first kappa shape index (κ1) is 12.6. The Balaban J connectivity index is 1.80. The molecule has 0 radical (unpaired) electrons. The third-order valence-corrected chi connectivity index (χ3v) is 2.74. The van der Waals surface area contributed by atoms with Crippen molar-refractivity contribution in [3.8, 4) is 0 Å². The first-order chi connectivity index (χ1) is 8.58. The summed E-state index contributed by atoms with van der Waals surface area (Å²) in [7, 11) is 0. The highest BCUT2D eigenvalue weighted by Gasteiger charge is 2.28. The molecule has 0 aromatic heterocycles. The van der Waals surface area contributed by atoms with Gasteiger partial charge in [-0.1, -0.05) is 0 Å². The molecule has 0 unspecified atom stereocenters. The number of nitrogens with two attached hydrogens (primary N) is 1. The number of benzene rings is 1. The van der Waals surface area contributed by atoms with E-state index in [1.54, 1.807) is 0 Å². The summed E-state index contributed by atoms with van der Waals surface area (Å²) >= 11 is 0. The molecule has 1 aromatic carbocycles. The fourth-order valence-corrected chi connectivity index (χ4v) is 1.62. The van der Waals surface area contributed by atoms with Crippen molar-refractivity contribution in [2.75, 3.05) is 24.1 Å². The molecule has 6 heteroatoms. The normalized spacial score (nSPS) is 14.3. The maximum atomic E-state index is 13.4. The van der Waals surface area contributed by atoms with Crippen LogP contribution in [-0.2, 0) is 4.79 Å². The van der Waals surface area contributed by atoms with Crippen LogP contribution in [0.3, 0.4) is 0 Å². The van der Waals surface area contributed by atoms with Crippen molar-refractivity contribution < 1.29 is 13.6 Å². The summed E-state index contributed by atoms with van der Waals surface area (Å²) < 4.78 is 26.7.